The molecule has 6 nitrogen and oxygen atoms in total. The van der Waals surface area contributed by atoms with Crippen molar-refractivity contribution in [3.8, 4) is 11.6 Å². The summed E-state index contributed by atoms with van der Waals surface area (Å²) in [6.45, 7) is 7.80. The van der Waals surface area contributed by atoms with Gasteiger partial charge in [0.05, 0.1) is 14.2 Å². The third kappa shape index (κ3) is 5.11. The number of methoxy groups -OCH3 is 2. The predicted octanol–water partition coefficient (Wildman–Crippen LogP) is 5.93. The minimum atomic E-state index is 0.580. The minimum Gasteiger partial charge on any atom is -0.495 e. The molecule has 0 radical (unpaired) electrons. The summed E-state index contributed by atoms with van der Waals surface area (Å²) in [4.78, 5) is 0. The van der Waals surface area contributed by atoms with Gasteiger partial charge in [0.2, 0.25) is 5.82 Å². The molecule has 0 fully saturated rings. The van der Waals surface area contributed by atoms with Gasteiger partial charge in [0.1, 0.15) is 23.0 Å². The number of allylic oxidation sites excluding steroid dienone is 8. The zero-order valence-electron chi connectivity index (χ0n) is 18.3. The van der Waals surface area contributed by atoms with Crippen molar-refractivity contribution in [2.24, 2.45) is 0 Å². The van der Waals surface area contributed by atoms with Crippen LogP contribution in [0.1, 0.15) is 19.1 Å². The van der Waals surface area contributed by atoms with Crippen molar-refractivity contribution >= 4 is 17.5 Å². The first kappa shape index (κ1) is 22.5. The molecule has 2 aromatic heterocycles. The van der Waals surface area contributed by atoms with Crippen LogP contribution >= 0.6 is 11.8 Å². The lowest BCUT2D eigenvalue weighted by Gasteiger charge is -2.17. The lowest BCUT2D eigenvalue weighted by atomic mass is 10.2. The Morgan fingerprint density at radius 1 is 1.29 bits per heavy atom. The number of aromatic nitrogens is 3. The van der Waals surface area contributed by atoms with E-state index in [1.807, 2.05) is 73.1 Å². The highest BCUT2D eigenvalue weighted by atomic mass is 32.2. The second-order valence-electron chi connectivity index (χ2n) is 6.64. The largest absolute Gasteiger partial charge is 0.495 e. The third-order valence-corrected chi connectivity index (χ3v) is 5.57. The lowest BCUT2D eigenvalue weighted by Crippen LogP contribution is -2.09. The highest BCUT2D eigenvalue weighted by molar-refractivity contribution is 7.99. The number of thioether (sulfide) groups is 1. The van der Waals surface area contributed by atoms with E-state index in [0.717, 1.165) is 23.5 Å². The first-order valence-corrected chi connectivity index (χ1v) is 10.9. The van der Waals surface area contributed by atoms with Gasteiger partial charge in [0.25, 0.3) is 0 Å². The van der Waals surface area contributed by atoms with Crippen molar-refractivity contribution in [3.63, 3.8) is 0 Å². The number of hydrogen-bond donors (Lipinski definition) is 0. The molecule has 0 atom stereocenters. The van der Waals surface area contributed by atoms with Gasteiger partial charge < -0.3 is 13.9 Å². The summed E-state index contributed by atoms with van der Waals surface area (Å²) < 4.78 is 19.2. The summed E-state index contributed by atoms with van der Waals surface area (Å²) in [7, 11) is 3.29. The van der Waals surface area contributed by atoms with E-state index in [1.54, 1.807) is 26.0 Å². The lowest BCUT2D eigenvalue weighted by molar-refractivity contribution is 0.286. The van der Waals surface area contributed by atoms with E-state index in [-0.39, 0.29) is 0 Å². The van der Waals surface area contributed by atoms with Crippen LogP contribution in [0, 0.1) is 6.92 Å². The first-order chi connectivity index (χ1) is 15.1. The van der Waals surface area contributed by atoms with Crippen molar-refractivity contribution in [3.05, 3.63) is 84.1 Å². The van der Waals surface area contributed by atoms with Crippen molar-refractivity contribution in [1.82, 2.24) is 14.8 Å². The second kappa shape index (κ2) is 10.7. The molecule has 31 heavy (non-hydrogen) atoms. The summed E-state index contributed by atoms with van der Waals surface area (Å²) in [6.07, 6.45) is 14.5. The molecular weight excluding hydrogens is 410 g/mol. The van der Waals surface area contributed by atoms with Crippen LogP contribution in [0.2, 0.25) is 0 Å². The molecule has 0 aromatic carbocycles. The monoisotopic (exact) mass is 437 g/mol. The van der Waals surface area contributed by atoms with Gasteiger partial charge in [-0.1, -0.05) is 48.7 Å². The Kier molecular flexibility index (Phi) is 7.78. The van der Waals surface area contributed by atoms with Gasteiger partial charge in [-0.25, -0.2) is 0 Å². The molecule has 162 valence electrons. The van der Waals surface area contributed by atoms with E-state index >= 15 is 0 Å². The molecule has 0 spiro atoms. The molecule has 3 rings (SSSR count). The van der Waals surface area contributed by atoms with Gasteiger partial charge in [-0.15, -0.1) is 10.2 Å². The average molecular weight is 438 g/mol. The molecule has 1 aliphatic rings. The number of rotatable bonds is 9. The molecule has 0 aliphatic heterocycles. The Hall–Kier alpha value is -3.19. The topological polar surface area (TPSA) is 62.3 Å². The molecule has 0 bridgehead atoms. The summed E-state index contributed by atoms with van der Waals surface area (Å²) in [6, 6.07) is 3.80. The van der Waals surface area contributed by atoms with E-state index < -0.39 is 0 Å². The quantitative estimate of drug-likeness (QED) is 0.358. The number of furan rings is 1. The molecule has 0 N–H and O–H groups in total. The summed E-state index contributed by atoms with van der Waals surface area (Å²) >= 11 is 1.56. The van der Waals surface area contributed by atoms with Gasteiger partial charge in [0.15, 0.2) is 10.9 Å². The molecule has 0 saturated heterocycles. The second-order valence-corrected chi connectivity index (χ2v) is 7.58. The van der Waals surface area contributed by atoms with Crippen LogP contribution < -0.4 is 0 Å². The molecule has 2 heterocycles. The normalized spacial score (nSPS) is 14.7. The highest BCUT2D eigenvalue weighted by Gasteiger charge is 2.26. The van der Waals surface area contributed by atoms with E-state index in [1.165, 1.54) is 0 Å². The minimum absolute atomic E-state index is 0.580. The van der Waals surface area contributed by atoms with Gasteiger partial charge >= 0.3 is 0 Å². The smallest absolute Gasteiger partial charge is 0.205 e. The van der Waals surface area contributed by atoms with Crippen LogP contribution in [-0.2, 0) is 9.47 Å². The predicted molar refractivity (Wildman–Crippen MR) is 125 cm³/mol. The third-order valence-electron chi connectivity index (χ3n) is 4.57. The van der Waals surface area contributed by atoms with Gasteiger partial charge in [-0.3, -0.25) is 4.57 Å². The molecule has 0 amide bonds. The van der Waals surface area contributed by atoms with E-state index in [9.17, 15) is 0 Å². The Bertz CT molecular complexity index is 1080. The maximum Gasteiger partial charge on any atom is 0.205 e. The Morgan fingerprint density at radius 3 is 2.77 bits per heavy atom. The fourth-order valence-corrected chi connectivity index (χ4v) is 3.95. The highest BCUT2D eigenvalue weighted by Crippen LogP contribution is 2.35. The van der Waals surface area contributed by atoms with Crippen molar-refractivity contribution < 1.29 is 13.9 Å². The zero-order chi connectivity index (χ0) is 22.2. The first-order valence-electron chi connectivity index (χ1n) is 9.91. The number of ether oxygens (including phenoxy) is 2. The fraction of sp³-hybridized carbons (Fsp3) is 0.250. The van der Waals surface area contributed by atoms with Crippen LogP contribution in [0.15, 0.2) is 87.9 Å². The maximum atomic E-state index is 5.87. The number of hydrogen-bond acceptors (Lipinski definition) is 6. The Balaban J connectivity index is 2.15. The standard InChI is InChI=1S/C24H27N3O3S/c1-6-8-11-18(7-2)16-31-24-26-25-23(21-15-14-17(3)30-21)27(24)22-19(28-4)12-9-10-13-20(22)29-5/h6-9,11-15H,2,10,16H2,1,3-5H3/b8-6-,18-11+. The van der Waals surface area contributed by atoms with E-state index in [2.05, 4.69) is 16.8 Å². The summed E-state index contributed by atoms with van der Waals surface area (Å²) in [5.41, 5.74) is 1.81. The SMILES string of the molecule is C=C/C(=C\C=C/C)CSc1nnc(-c2ccc(C)o2)n1C1=C(OC)C=CCC=C1OC. The van der Waals surface area contributed by atoms with E-state index in [4.69, 9.17) is 13.9 Å². The zero-order valence-corrected chi connectivity index (χ0v) is 19.1. The van der Waals surface area contributed by atoms with Crippen LogP contribution in [0.4, 0.5) is 0 Å². The van der Waals surface area contributed by atoms with Gasteiger partial charge in [-0.05, 0) is 50.1 Å². The maximum absolute atomic E-state index is 5.87. The van der Waals surface area contributed by atoms with E-state index in [0.29, 0.717) is 34.0 Å². The summed E-state index contributed by atoms with van der Waals surface area (Å²) in [5, 5.41) is 9.62. The molecular formula is C24H27N3O3S. The average Bonchev–Trinajstić information content (AvgIpc) is 3.33. The van der Waals surface area contributed by atoms with Crippen LogP contribution in [0.5, 0.6) is 0 Å². The molecule has 0 unspecified atom stereocenters. The molecule has 1 aliphatic carbocycles. The molecule has 0 saturated carbocycles. The molecule has 7 heteroatoms. The van der Waals surface area contributed by atoms with Crippen molar-refractivity contribution in [2.75, 3.05) is 20.0 Å². The van der Waals surface area contributed by atoms with Crippen LogP contribution in [0.25, 0.3) is 17.3 Å². The molecule has 2 aromatic rings. The fourth-order valence-electron chi connectivity index (χ4n) is 3.03. The Labute approximate surface area is 187 Å². The summed E-state index contributed by atoms with van der Waals surface area (Å²) in [5.74, 6) is 4.02. The van der Waals surface area contributed by atoms with Gasteiger partial charge in [-0.2, -0.15) is 0 Å². The number of aryl methyl sites for hydroxylation is 1. The van der Waals surface area contributed by atoms with Gasteiger partial charge in [0, 0.05) is 5.75 Å². The van der Waals surface area contributed by atoms with Crippen LogP contribution in [-0.4, -0.2) is 34.7 Å². The number of nitrogens with zero attached hydrogens (tertiary/aromatic N) is 3. The van der Waals surface area contributed by atoms with Crippen molar-refractivity contribution in [2.45, 2.75) is 25.4 Å². The van der Waals surface area contributed by atoms with Crippen LogP contribution in [0.3, 0.4) is 0 Å². The Morgan fingerprint density at radius 2 is 2.13 bits per heavy atom. The van der Waals surface area contributed by atoms with Crippen molar-refractivity contribution in [1.29, 1.82) is 0 Å².